The van der Waals surface area contributed by atoms with E-state index in [1.165, 1.54) is 0 Å². The Balaban J connectivity index is 2.59. The first-order valence-corrected chi connectivity index (χ1v) is 4.58. The zero-order valence-corrected chi connectivity index (χ0v) is 8.02. The summed E-state index contributed by atoms with van der Waals surface area (Å²) in [5, 5.41) is 8.43. The number of carbonyl (C=O) groups excluding carboxylic acids is 2. The predicted octanol–water partition coefficient (Wildman–Crippen LogP) is 0.246. The van der Waals surface area contributed by atoms with Crippen molar-refractivity contribution in [1.29, 1.82) is 0 Å². The van der Waals surface area contributed by atoms with E-state index in [9.17, 15) is 14.4 Å². The van der Waals surface area contributed by atoms with Crippen LogP contribution in [0.2, 0.25) is 0 Å². The van der Waals surface area contributed by atoms with Gasteiger partial charge in [-0.05, 0) is 6.42 Å². The molecule has 78 valence electrons. The molecule has 0 bridgehead atoms. The van der Waals surface area contributed by atoms with Gasteiger partial charge >= 0.3 is 5.97 Å². The average molecular weight is 199 g/mol. The molecule has 0 radical (unpaired) electrons. The summed E-state index contributed by atoms with van der Waals surface area (Å²) < 4.78 is 0. The molecule has 0 aliphatic carbocycles. The second-order valence-electron chi connectivity index (χ2n) is 3.47. The highest BCUT2D eigenvalue weighted by molar-refractivity contribution is 5.98. The highest BCUT2D eigenvalue weighted by atomic mass is 16.4. The van der Waals surface area contributed by atoms with E-state index in [0.29, 0.717) is 12.8 Å². The molecule has 1 aliphatic rings. The molecule has 0 spiro atoms. The molecule has 1 saturated heterocycles. The van der Waals surface area contributed by atoms with Gasteiger partial charge in [0.05, 0.1) is 6.42 Å². The molecule has 1 heterocycles. The van der Waals surface area contributed by atoms with E-state index < -0.39 is 5.97 Å². The van der Waals surface area contributed by atoms with Crippen LogP contribution in [0.3, 0.4) is 0 Å². The Morgan fingerprint density at radius 1 is 1.57 bits per heavy atom. The second kappa shape index (κ2) is 4.21. The number of imide groups is 1. The van der Waals surface area contributed by atoms with Gasteiger partial charge in [0.2, 0.25) is 11.8 Å². The molecule has 1 fully saturated rings. The summed E-state index contributed by atoms with van der Waals surface area (Å²) in [5.41, 5.74) is 0. The van der Waals surface area contributed by atoms with Crippen molar-refractivity contribution in [3.63, 3.8) is 0 Å². The van der Waals surface area contributed by atoms with Gasteiger partial charge in [0.1, 0.15) is 0 Å². The number of nitrogens with zero attached hydrogens (tertiary/aromatic N) is 1. The molecule has 1 unspecified atom stereocenters. The molecule has 1 N–H and O–H groups in total. The Bertz CT molecular complexity index is 274. The molecule has 14 heavy (non-hydrogen) atoms. The maximum Gasteiger partial charge on any atom is 0.305 e. The highest BCUT2D eigenvalue weighted by Crippen LogP contribution is 2.18. The van der Waals surface area contributed by atoms with Crippen molar-refractivity contribution in [1.82, 2.24) is 4.90 Å². The van der Waals surface area contributed by atoms with Crippen molar-refractivity contribution < 1.29 is 19.5 Å². The van der Waals surface area contributed by atoms with Crippen LogP contribution >= 0.6 is 0 Å². The van der Waals surface area contributed by atoms with E-state index in [1.54, 1.807) is 6.92 Å². The third-order valence-electron chi connectivity index (χ3n) is 2.33. The molecule has 0 aromatic heterocycles. The van der Waals surface area contributed by atoms with Crippen molar-refractivity contribution in [3.8, 4) is 0 Å². The molecular weight excluding hydrogens is 186 g/mol. The number of aliphatic carboxylic acids is 1. The normalized spacial score (nSPS) is 22.6. The van der Waals surface area contributed by atoms with E-state index in [4.69, 9.17) is 5.11 Å². The molecule has 1 atom stereocenters. The Labute approximate surface area is 81.7 Å². The first-order chi connectivity index (χ1) is 6.52. The van der Waals surface area contributed by atoms with Gasteiger partial charge in [-0.3, -0.25) is 19.3 Å². The van der Waals surface area contributed by atoms with Crippen molar-refractivity contribution in [2.45, 2.75) is 26.2 Å². The third kappa shape index (κ3) is 2.31. The zero-order valence-electron chi connectivity index (χ0n) is 8.02. The van der Waals surface area contributed by atoms with Gasteiger partial charge in [-0.2, -0.15) is 0 Å². The minimum absolute atomic E-state index is 0.00264. The van der Waals surface area contributed by atoms with Gasteiger partial charge < -0.3 is 5.11 Å². The summed E-state index contributed by atoms with van der Waals surface area (Å²) >= 11 is 0. The summed E-state index contributed by atoms with van der Waals surface area (Å²) in [6, 6.07) is 0. The third-order valence-corrected chi connectivity index (χ3v) is 2.33. The van der Waals surface area contributed by atoms with Crippen molar-refractivity contribution in [3.05, 3.63) is 0 Å². The Hall–Kier alpha value is -1.39. The minimum atomic E-state index is -0.996. The maximum absolute atomic E-state index is 11.5. The number of carboxylic acids is 1. The fourth-order valence-electron chi connectivity index (χ4n) is 1.43. The minimum Gasteiger partial charge on any atom is -0.481 e. The number of hydrogen-bond acceptors (Lipinski definition) is 3. The first kappa shape index (κ1) is 10.7. The lowest BCUT2D eigenvalue weighted by atomic mass is 9.98. The number of carboxylic acid groups (broad SMARTS) is 1. The fourth-order valence-corrected chi connectivity index (χ4v) is 1.43. The lowest BCUT2D eigenvalue weighted by Crippen LogP contribution is -2.45. The van der Waals surface area contributed by atoms with E-state index >= 15 is 0 Å². The zero-order chi connectivity index (χ0) is 10.7. The van der Waals surface area contributed by atoms with E-state index in [2.05, 4.69) is 0 Å². The molecule has 0 aromatic rings. The summed E-state index contributed by atoms with van der Waals surface area (Å²) in [7, 11) is 0. The van der Waals surface area contributed by atoms with Crippen LogP contribution in [-0.2, 0) is 14.4 Å². The molecule has 5 nitrogen and oxygen atoms in total. The molecule has 2 amide bonds. The quantitative estimate of drug-likeness (QED) is 0.661. The van der Waals surface area contributed by atoms with E-state index in [-0.39, 0.29) is 30.7 Å². The van der Waals surface area contributed by atoms with Crippen LogP contribution in [0.1, 0.15) is 26.2 Å². The fraction of sp³-hybridized carbons (Fsp3) is 0.667. The number of amides is 2. The number of likely N-dealkylation sites (tertiary alicyclic amines) is 1. The van der Waals surface area contributed by atoms with Crippen molar-refractivity contribution in [2.75, 3.05) is 6.54 Å². The van der Waals surface area contributed by atoms with Crippen LogP contribution in [0.5, 0.6) is 0 Å². The molecule has 5 heteroatoms. The van der Waals surface area contributed by atoms with Gasteiger partial charge in [0.25, 0.3) is 0 Å². The predicted molar refractivity (Wildman–Crippen MR) is 47.4 cm³/mol. The van der Waals surface area contributed by atoms with Crippen LogP contribution < -0.4 is 0 Å². The van der Waals surface area contributed by atoms with Gasteiger partial charge in [-0.15, -0.1) is 0 Å². The summed E-state index contributed by atoms with van der Waals surface area (Å²) in [6.45, 7) is 1.75. The number of carbonyl (C=O) groups is 3. The lowest BCUT2D eigenvalue weighted by Gasteiger charge is -2.28. The van der Waals surface area contributed by atoms with Gasteiger partial charge in [0.15, 0.2) is 0 Å². The molecule has 0 saturated carbocycles. The van der Waals surface area contributed by atoms with Crippen LogP contribution in [0, 0.1) is 5.92 Å². The topological polar surface area (TPSA) is 74.7 Å². The highest BCUT2D eigenvalue weighted by Gasteiger charge is 2.31. The summed E-state index contributed by atoms with van der Waals surface area (Å²) in [5.74, 6) is -1.66. The average Bonchev–Trinajstić information content (AvgIpc) is 2.11. The number of hydrogen-bond donors (Lipinski definition) is 1. The van der Waals surface area contributed by atoms with E-state index in [1.807, 2.05) is 0 Å². The van der Waals surface area contributed by atoms with Crippen LogP contribution in [0.4, 0.5) is 0 Å². The lowest BCUT2D eigenvalue weighted by molar-refractivity contribution is -0.151. The largest absolute Gasteiger partial charge is 0.481 e. The molecule has 0 aromatic carbocycles. The standard InChI is InChI=1S/C9H13NO4/c1-6-2-3-7(11)10(9(6)14)5-4-8(12)13/h6H,2-5H2,1H3,(H,12,13). The Morgan fingerprint density at radius 3 is 2.79 bits per heavy atom. The van der Waals surface area contributed by atoms with Crippen molar-refractivity contribution >= 4 is 17.8 Å². The maximum atomic E-state index is 11.5. The summed E-state index contributed by atoms with van der Waals surface area (Å²) in [6.07, 6.45) is 0.734. The number of piperidine rings is 1. The van der Waals surface area contributed by atoms with Crippen LogP contribution in [0.15, 0.2) is 0 Å². The monoisotopic (exact) mass is 199 g/mol. The molecular formula is C9H13NO4. The van der Waals surface area contributed by atoms with Gasteiger partial charge in [-0.25, -0.2) is 0 Å². The Kier molecular flexibility index (Phi) is 3.22. The van der Waals surface area contributed by atoms with Crippen molar-refractivity contribution in [2.24, 2.45) is 5.92 Å². The number of rotatable bonds is 3. The van der Waals surface area contributed by atoms with Crippen LogP contribution in [-0.4, -0.2) is 34.3 Å². The smallest absolute Gasteiger partial charge is 0.305 e. The van der Waals surface area contributed by atoms with Crippen LogP contribution in [0.25, 0.3) is 0 Å². The Morgan fingerprint density at radius 2 is 2.21 bits per heavy atom. The van der Waals surface area contributed by atoms with Gasteiger partial charge in [-0.1, -0.05) is 6.92 Å². The SMILES string of the molecule is CC1CCC(=O)N(CCC(=O)O)C1=O. The first-order valence-electron chi connectivity index (χ1n) is 4.58. The summed E-state index contributed by atoms with van der Waals surface area (Å²) in [4.78, 5) is 34.1. The molecule has 1 aliphatic heterocycles. The van der Waals surface area contributed by atoms with Gasteiger partial charge in [0, 0.05) is 18.9 Å². The van der Waals surface area contributed by atoms with E-state index in [0.717, 1.165) is 4.90 Å². The second-order valence-corrected chi connectivity index (χ2v) is 3.47. The molecule has 1 rings (SSSR count).